The average molecular weight is 313 g/mol. The summed E-state index contributed by atoms with van der Waals surface area (Å²) in [5.74, 6) is 0.152. The molecule has 2 rings (SSSR count). The van der Waals surface area contributed by atoms with E-state index < -0.39 is 11.4 Å². The highest BCUT2D eigenvalue weighted by Gasteiger charge is 2.43. The lowest BCUT2D eigenvalue weighted by atomic mass is 9.68. The minimum absolute atomic E-state index is 0.429. The van der Waals surface area contributed by atoms with Crippen LogP contribution in [0.2, 0.25) is 5.02 Å². The Kier molecular flexibility index (Phi) is 4.67. The van der Waals surface area contributed by atoms with Crippen LogP contribution in [-0.2, 0) is 10.2 Å². The van der Waals surface area contributed by atoms with E-state index in [0.29, 0.717) is 29.4 Å². The van der Waals surface area contributed by atoms with Crippen LogP contribution in [0.1, 0.15) is 43.2 Å². The van der Waals surface area contributed by atoms with Crippen molar-refractivity contribution in [3.05, 3.63) is 22.2 Å². The number of carboxylic acid groups (broad SMARTS) is 1. The Labute approximate surface area is 130 Å². The van der Waals surface area contributed by atoms with Gasteiger partial charge in [-0.2, -0.15) is 0 Å². The van der Waals surface area contributed by atoms with E-state index in [9.17, 15) is 9.90 Å². The highest BCUT2D eigenvalue weighted by Crippen LogP contribution is 2.47. The van der Waals surface area contributed by atoms with Crippen molar-refractivity contribution in [2.75, 3.05) is 14.2 Å². The molecule has 1 aromatic rings. The number of hydrogen-bond donors (Lipinski definition) is 1. The van der Waals surface area contributed by atoms with Crippen LogP contribution in [0.15, 0.2) is 6.07 Å². The van der Waals surface area contributed by atoms with E-state index in [1.54, 1.807) is 6.07 Å². The summed E-state index contributed by atoms with van der Waals surface area (Å²) in [6.45, 7) is 1.85. The van der Waals surface area contributed by atoms with E-state index in [2.05, 4.69) is 0 Å². The lowest BCUT2D eigenvalue weighted by Crippen LogP contribution is -2.38. The molecule has 116 valence electrons. The van der Waals surface area contributed by atoms with Crippen LogP contribution in [0.25, 0.3) is 0 Å². The molecular weight excluding hydrogens is 292 g/mol. The van der Waals surface area contributed by atoms with Gasteiger partial charge in [0.25, 0.3) is 0 Å². The molecule has 0 unspecified atom stereocenters. The summed E-state index contributed by atoms with van der Waals surface area (Å²) in [5, 5.41) is 10.3. The molecule has 0 heterocycles. The van der Waals surface area contributed by atoms with Crippen molar-refractivity contribution in [2.24, 2.45) is 0 Å². The first kappa shape index (κ1) is 16.0. The Hall–Kier alpha value is -1.42. The minimum atomic E-state index is -0.870. The molecule has 0 spiro atoms. The molecule has 4 nitrogen and oxygen atoms in total. The van der Waals surface area contributed by atoms with E-state index in [-0.39, 0.29) is 0 Å². The Morgan fingerprint density at radius 2 is 1.86 bits per heavy atom. The maximum absolute atomic E-state index is 12.0. The van der Waals surface area contributed by atoms with Crippen molar-refractivity contribution < 1.29 is 19.4 Å². The molecule has 0 amide bonds. The van der Waals surface area contributed by atoms with Crippen molar-refractivity contribution in [3.63, 3.8) is 0 Å². The molecule has 0 bridgehead atoms. The molecular formula is C16H21ClO4. The maximum Gasteiger partial charge on any atom is 0.314 e. The number of hydrogen-bond acceptors (Lipinski definition) is 3. The second-order valence-electron chi connectivity index (χ2n) is 5.55. The van der Waals surface area contributed by atoms with Crippen LogP contribution in [0.3, 0.4) is 0 Å². The lowest BCUT2D eigenvalue weighted by Gasteiger charge is -2.35. The number of ether oxygens (including phenoxy) is 2. The third kappa shape index (κ3) is 2.57. The molecule has 1 aliphatic rings. The van der Waals surface area contributed by atoms with Gasteiger partial charge >= 0.3 is 5.97 Å². The van der Waals surface area contributed by atoms with E-state index in [4.69, 9.17) is 21.1 Å². The van der Waals surface area contributed by atoms with Gasteiger partial charge in [-0.1, -0.05) is 30.9 Å². The highest BCUT2D eigenvalue weighted by atomic mass is 35.5. The number of halogens is 1. The van der Waals surface area contributed by atoms with E-state index in [0.717, 1.165) is 30.4 Å². The summed E-state index contributed by atoms with van der Waals surface area (Å²) in [7, 11) is 3.05. The minimum Gasteiger partial charge on any atom is -0.493 e. The number of aliphatic carboxylic acids is 1. The molecule has 0 aromatic heterocycles. The van der Waals surface area contributed by atoms with E-state index in [1.165, 1.54) is 14.2 Å². The third-order valence-corrected chi connectivity index (χ3v) is 4.94. The fourth-order valence-corrected chi connectivity index (χ4v) is 3.57. The summed E-state index contributed by atoms with van der Waals surface area (Å²) in [4.78, 5) is 12.0. The van der Waals surface area contributed by atoms with Gasteiger partial charge in [0.2, 0.25) is 0 Å². The van der Waals surface area contributed by atoms with Crippen LogP contribution in [0, 0.1) is 6.92 Å². The number of methoxy groups -OCH3 is 2. The molecule has 0 atom stereocenters. The first-order valence-electron chi connectivity index (χ1n) is 7.13. The zero-order valence-corrected chi connectivity index (χ0v) is 13.4. The second kappa shape index (κ2) is 6.14. The van der Waals surface area contributed by atoms with Gasteiger partial charge in [-0.3, -0.25) is 4.79 Å². The smallest absolute Gasteiger partial charge is 0.314 e. The summed E-state index contributed by atoms with van der Waals surface area (Å²) in [6.07, 6.45) is 4.18. The monoisotopic (exact) mass is 312 g/mol. The predicted octanol–water partition coefficient (Wildman–Crippen LogP) is 3.95. The van der Waals surface area contributed by atoms with Gasteiger partial charge in [-0.05, 0) is 37.0 Å². The Morgan fingerprint density at radius 3 is 2.33 bits per heavy atom. The molecule has 5 heteroatoms. The van der Waals surface area contributed by atoms with Crippen molar-refractivity contribution in [2.45, 2.75) is 44.4 Å². The normalized spacial score (nSPS) is 17.3. The molecule has 0 aliphatic heterocycles. The van der Waals surface area contributed by atoms with Crippen LogP contribution in [0.4, 0.5) is 0 Å². The van der Waals surface area contributed by atoms with Gasteiger partial charge in [0.1, 0.15) is 0 Å². The summed E-state index contributed by atoms with van der Waals surface area (Å²) >= 11 is 6.37. The molecule has 21 heavy (non-hydrogen) atoms. The van der Waals surface area contributed by atoms with Crippen molar-refractivity contribution in [3.8, 4) is 11.5 Å². The molecule has 1 N–H and O–H groups in total. The SMILES string of the molecule is COc1cc(C2(C(=O)O)CCCCC2)c(C)c(Cl)c1OC. The molecule has 1 aromatic carbocycles. The first-order valence-corrected chi connectivity index (χ1v) is 7.50. The molecule has 0 radical (unpaired) electrons. The van der Waals surface area contributed by atoms with Gasteiger partial charge < -0.3 is 14.6 Å². The average Bonchev–Trinajstić information content (AvgIpc) is 2.50. The molecule has 0 saturated heterocycles. The predicted molar refractivity (Wildman–Crippen MR) is 81.7 cm³/mol. The Morgan fingerprint density at radius 1 is 1.24 bits per heavy atom. The second-order valence-corrected chi connectivity index (χ2v) is 5.92. The topological polar surface area (TPSA) is 55.8 Å². The quantitative estimate of drug-likeness (QED) is 0.914. The fourth-order valence-electron chi connectivity index (χ4n) is 3.29. The van der Waals surface area contributed by atoms with Crippen molar-refractivity contribution in [1.82, 2.24) is 0 Å². The standard InChI is InChI=1S/C16H21ClO4/c1-10-11(9-12(20-2)14(21-3)13(10)17)16(15(18)19)7-5-4-6-8-16/h9H,4-8H2,1-3H3,(H,18,19). The van der Waals surface area contributed by atoms with Crippen LogP contribution in [-0.4, -0.2) is 25.3 Å². The van der Waals surface area contributed by atoms with Gasteiger partial charge in [0.15, 0.2) is 11.5 Å². The first-order chi connectivity index (χ1) is 9.97. The maximum atomic E-state index is 12.0. The van der Waals surface area contributed by atoms with E-state index in [1.807, 2.05) is 6.92 Å². The zero-order valence-electron chi connectivity index (χ0n) is 12.7. The van der Waals surface area contributed by atoms with Crippen LogP contribution >= 0.6 is 11.6 Å². The van der Waals surface area contributed by atoms with Gasteiger partial charge in [0, 0.05) is 0 Å². The highest BCUT2D eigenvalue weighted by molar-refractivity contribution is 6.33. The van der Waals surface area contributed by atoms with Gasteiger partial charge in [0.05, 0.1) is 24.7 Å². The van der Waals surface area contributed by atoms with Crippen molar-refractivity contribution >= 4 is 17.6 Å². The lowest BCUT2D eigenvalue weighted by molar-refractivity contribution is -0.145. The van der Waals surface area contributed by atoms with Crippen molar-refractivity contribution in [1.29, 1.82) is 0 Å². The number of carbonyl (C=O) groups is 1. The Balaban J connectivity index is 2.66. The number of rotatable bonds is 4. The van der Waals surface area contributed by atoms with Gasteiger partial charge in [-0.25, -0.2) is 0 Å². The fraction of sp³-hybridized carbons (Fsp3) is 0.562. The summed E-state index contributed by atoms with van der Waals surface area (Å²) < 4.78 is 10.6. The molecule has 1 saturated carbocycles. The van der Waals surface area contributed by atoms with Crippen LogP contribution in [0.5, 0.6) is 11.5 Å². The Bertz CT molecular complexity index is 548. The van der Waals surface area contributed by atoms with E-state index >= 15 is 0 Å². The van der Waals surface area contributed by atoms with Gasteiger partial charge in [-0.15, -0.1) is 0 Å². The molecule has 1 aliphatic carbocycles. The van der Waals surface area contributed by atoms with Crippen LogP contribution < -0.4 is 9.47 Å². The summed E-state index contributed by atoms with van der Waals surface area (Å²) in [5.41, 5.74) is 0.641. The summed E-state index contributed by atoms with van der Waals surface area (Å²) in [6, 6.07) is 1.78. The molecule has 1 fully saturated rings. The largest absolute Gasteiger partial charge is 0.493 e. The third-order valence-electron chi connectivity index (χ3n) is 4.49. The number of carboxylic acids is 1. The number of benzene rings is 1. The zero-order chi connectivity index (χ0) is 15.6.